The number of aromatic amines is 1. The Morgan fingerprint density at radius 1 is 1.09 bits per heavy atom. The van der Waals surface area contributed by atoms with E-state index in [1.165, 1.54) is 42.5 Å². The molecule has 6 heteroatoms. The SMILES string of the molecule is NC(=O)c1cccc(OC(=O)c2cc3cc(F)ccc3[nH]2)c1. The van der Waals surface area contributed by atoms with E-state index in [0.717, 1.165) is 0 Å². The van der Waals surface area contributed by atoms with Crippen LogP contribution in [0.3, 0.4) is 0 Å². The van der Waals surface area contributed by atoms with Crippen LogP contribution in [0.2, 0.25) is 0 Å². The van der Waals surface area contributed by atoms with Gasteiger partial charge in [-0.3, -0.25) is 4.79 Å². The van der Waals surface area contributed by atoms with Crippen molar-refractivity contribution in [3.05, 3.63) is 65.6 Å². The topological polar surface area (TPSA) is 85.2 Å². The van der Waals surface area contributed by atoms with Crippen molar-refractivity contribution < 1.29 is 18.7 Å². The number of hydrogen-bond donors (Lipinski definition) is 2. The molecule has 0 saturated carbocycles. The maximum Gasteiger partial charge on any atom is 0.360 e. The first-order valence-corrected chi connectivity index (χ1v) is 6.43. The molecule has 3 N–H and O–H groups in total. The predicted molar refractivity (Wildman–Crippen MR) is 78.2 cm³/mol. The van der Waals surface area contributed by atoms with E-state index in [1.54, 1.807) is 6.07 Å². The van der Waals surface area contributed by atoms with Crippen LogP contribution in [0, 0.1) is 5.82 Å². The average Bonchev–Trinajstić information content (AvgIpc) is 2.90. The molecule has 22 heavy (non-hydrogen) atoms. The Kier molecular flexibility index (Phi) is 3.34. The molecule has 0 bridgehead atoms. The lowest BCUT2D eigenvalue weighted by Crippen LogP contribution is -2.12. The standard InChI is InChI=1S/C16H11FN2O3/c17-11-4-5-13-10(6-11)8-14(19-13)16(21)22-12-3-1-2-9(7-12)15(18)20/h1-8,19H,(H2,18,20). The number of fused-ring (bicyclic) bond motifs is 1. The van der Waals surface area contributed by atoms with Crippen LogP contribution >= 0.6 is 0 Å². The fraction of sp³-hybridized carbons (Fsp3) is 0. The summed E-state index contributed by atoms with van der Waals surface area (Å²) in [5.41, 5.74) is 6.22. The summed E-state index contributed by atoms with van der Waals surface area (Å²) in [7, 11) is 0. The zero-order valence-corrected chi connectivity index (χ0v) is 11.3. The van der Waals surface area contributed by atoms with Crippen LogP contribution in [0.4, 0.5) is 4.39 Å². The quantitative estimate of drug-likeness (QED) is 0.575. The van der Waals surface area contributed by atoms with Crippen LogP contribution in [0.25, 0.3) is 10.9 Å². The second-order valence-electron chi connectivity index (χ2n) is 4.70. The molecule has 110 valence electrons. The average molecular weight is 298 g/mol. The third kappa shape index (κ3) is 2.67. The Bertz CT molecular complexity index is 886. The lowest BCUT2D eigenvalue weighted by molar-refractivity contribution is 0.0728. The van der Waals surface area contributed by atoms with Crippen LogP contribution in [0.5, 0.6) is 5.75 Å². The summed E-state index contributed by atoms with van der Waals surface area (Å²) in [6, 6.07) is 11.6. The molecule has 5 nitrogen and oxygen atoms in total. The van der Waals surface area contributed by atoms with Crippen molar-refractivity contribution in [1.29, 1.82) is 0 Å². The van der Waals surface area contributed by atoms with Gasteiger partial charge in [0.15, 0.2) is 0 Å². The lowest BCUT2D eigenvalue weighted by atomic mass is 10.2. The van der Waals surface area contributed by atoms with Gasteiger partial charge in [0.25, 0.3) is 0 Å². The Morgan fingerprint density at radius 2 is 1.91 bits per heavy atom. The number of nitrogens with two attached hydrogens (primary N) is 1. The predicted octanol–water partition coefficient (Wildman–Crippen LogP) is 2.63. The summed E-state index contributed by atoms with van der Waals surface area (Å²) in [6.45, 7) is 0. The number of hydrogen-bond acceptors (Lipinski definition) is 3. The van der Waals surface area contributed by atoms with Gasteiger partial charge in [0, 0.05) is 16.5 Å². The van der Waals surface area contributed by atoms with Crippen molar-refractivity contribution >= 4 is 22.8 Å². The summed E-state index contributed by atoms with van der Waals surface area (Å²) < 4.78 is 18.3. The van der Waals surface area contributed by atoms with Crippen molar-refractivity contribution in [1.82, 2.24) is 4.98 Å². The molecule has 1 amide bonds. The van der Waals surface area contributed by atoms with Crippen molar-refractivity contribution in [3.63, 3.8) is 0 Å². The van der Waals surface area contributed by atoms with E-state index in [9.17, 15) is 14.0 Å². The molecule has 0 saturated heterocycles. The maximum absolute atomic E-state index is 13.1. The van der Waals surface area contributed by atoms with Crippen molar-refractivity contribution in [3.8, 4) is 5.75 Å². The number of amides is 1. The van der Waals surface area contributed by atoms with Gasteiger partial charge in [-0.05, 0) is 42.5 Å². The number of halogens is 1. The molecule has 3 rings (SSSR count). The van der Waals surface area contributed by atoms with Gasteiger partial charge in [-0.1, -0.05) is 6.07 Å². The van der Waals surface area contributed by atoms with Gasteiger partial charge in [0.2, 0.25) is 5.91 Å². The number of carbonyl (C=O) groups excluding carboxylic acids is 2. The summed E-state index contributed by atoms with van der Waals surface area (Å²) in [4.78, 5) is 26.0. The number of nitrogens with one attached hydrogen (secondary N) is 1. The lowest BCUT2D eigenvalue weighted by Gasteiger charge is -2.03. The zero-order valence-electron chi connectivity index (χ0n) is 11.3. The fourth-order valence-corrected chi connectivity index (χ4v) is 2.09. The van der Waals surface area contributed by atoms with Gasteiger partial charge in [-0.25, -0.2) is 9.18 Å². The molecular weight excluding hydrogens is 287 g/mol. The van der Waals surface area contributed by atoms with E-state index in [4.69, 9.17) is 10.5 Å². The third-order valence-corrected chi connectivity index (χ3v) is 3.13. The second-order valence-corrected chi connectivity index (χ2v) is 4.70. The van der Waals surface area contributed by atoms with Crippen LogP contribution < -0.4 is 10.5 Å². The number of esters is 1. The highest BCUT2D eigenvalue weighted by Gasteiger charge is 2.13. The molecule has 0 radical (unpaired) electrons. The number of rotatable bonds is 3. The van der Waals surface area contributed by atoms with Crippen molar-refractivity contribution in [2.75, 3.05) is 0 Å². The molecule has 0 spiro atoms. The van der Waals surface area contributed by atoms with Crippen LogP contribution in [0.15, 0.2) is 48.5 Å². The van der Waals surface area contributed by atoms with Gasteiger partial charge >= 0.3 is 5.97 Å². The van der Waals surface area contributed by atoms with Crippen LogP contribution in [0.1, 0.15) is 20.8 Å². The van der Waals surface area contributed by atoms with E-state index >= 15 is 0 Å². The minimum absolute atomic E-state index is 0.185. The fourth-order valence-electron chi connectivity index (χ4n) is 2.09. The first-order chi connectivity index (χ1) is 10.5. The minimum Gasteiger partial charge on any atom is -0.422 e. The highest BCUT2D eigenvalue weighted by molar-refractivity contribution is 5.96. The largest absolute Gasteiger partial charge is 0.422 e. The van der Waals surface area contributed by atoms with E-state index in [2.05, 4.69) is 4.98 Å². The van der Waals surface area contributed by atoms with E-state index < -0.39 is 11.9 Å². The first-order valence-electron chi connectivity index (χ1n) is 6.43. The monoisotopic (exact) mass is 298 g/mol. The molecule has 0 atom stereocenters. The number of primary amides is 1. The molecule has 0 aliphatic carbocycles. The smallest absolute Gasteiger partial charge is 0.360 e. The van der Waals surface area contributed by atoms with Crippen molar-refractivity contribution in [2.24, 2.45) is 5.73 Å². The molecule has 0 unspecified atom stereocenters. The Morgan fingerprint density at radius 3 is 2.68 bits per heavy atom. The molecule has 2 aromatic carbocycles. The van der Waals surface area contributed by atoms with Gasteiger partial charge in [-0.15, -0.1) is 0 Å². The highest BCUT2D eigenvalue weighted by Crippen LogP contribution is 2.19. The van der Waals surface area contributed by atoms with Gasteiger partial charge in [0.1, 0.15) is 17.3 Å². The first kappa shape index (κ1) is 13.8. The number of aromatic nitrogens is 1. The summed E-state index contributed by atoms with van der Waals surface area (Å²) in [6.07, 6.45) is 0. The molecular formula is C16H11FN2O3. The summed E-state index contributed by atoms with van der Waals surface area (Å²) in [5.74, 6) is -1.44. The summed E-state index contributed by atoms with van der Waals surface area (Å²) >= 11 is 0. The number of benzene rings is 2. The zero-order chi connectivity index (χ0) is 15.7. The molecule has 3 aromatic rings. The Labute approximate surface area is 124 Å². The molecule has 1 heterocycles. The third-order valence-electron chi connectivity index (χ3n) is 3.13. The Hall–Kier alpha value is -3.15. The molecule has 0 aliphatic rings. The highest BCUT2D eigenvalue weighted by atomic mass is 19.1. The number of carbonyl (C=O) groups is 2. The maximum atomic E-state index is 13.1. The van der Waals surface area contributed by atoms with E-state index in [-0.39, 0.29) is 22.8 Å². The van der Waals surface area contributed by atoms with E-state index in [1.807, 2.05) is 0 Å². The van der Waals surface area contributed by atoms with Gasteiger partial charge < -0.3 is 15.5 Å². The number of H-pyrrole nitrogens is 1. The van der Waals surface area contributed by atoms with Gasteiger partial charge in [-0.2, -0.15) is 0 Å². The second kappa shape index (κ2) is 5.33. The minimum atomic E-state index is -0.641. The van der Waals surface area contributed by atoms with Gasteiger partial charge in [0.05, 0.1) is 0 Å². The molecule has 0 fully saturated rings. The number of ether oxygens (including phenoxy) is 1. The van der Waals surface area contributed by atoms with Crippen LogP contribution in [-0.2, 0) is 0 Å². The van der Waals surface area contributed by atoms with Crippen LogP contribution in [-0.4, -0.2) is 16.9 Å². The molecule has 1 aromatic heterocycles. The van der Waals surface area contributed by atoms with Crippen molar-refractivity contribution in [2.45, 2.75) is 0 Å². The molecule has 0 aliphatic heterocycles. The Balaban J connectivity index is 1.86. The van der Waals surface area contributed by atoms with E-state index in [0.29, 0.717) is 10.9 Å². The normalized spacial score (nSPS) is 10.6. The summed E-state index contributed by atoms with van der Waals surface area (Å²) in [5, 5.41) is 0.567.